The number of anilines is 1. The SMILES string of the molecule is CC(NCC1(C)CCCC1)c1ccc(N(C)C)cc1. The van der Waals surface area contributed by atoms with Crippen LogP contribution in [0, 0.1) is 5.41 Å². The molecule has 0 spiro atoms. The van der Waals surface area contributed by atoms with E-state index in [0.717, 1.165) is 6.54 Å². The van der Waals surface area contributed by atoms with Crippen LogP contribution in [0.25, 0.3) is 0 Å². The highest BCUT2D eigenvalue weighted by molar-refractivity contribution is 5.46. The van der Waals surface area contributed by atoms with Crippen LogP contribution in [0.2, 0.25) is 0 Å². The summed E-state index contributed by atoms with van der Waals surface area (Å²) in [5, 5.41) is 3.72. The molecule has 1 atom stereocenters. The lowest BCUT2D eigenvalue weighted by molar-refractivity contribution is 0.302. The van der Waals surface area contributed by atoms with Gasteiger partial charge in [0.15, 0.2) is 0 Å². The van der Waals surface area contributed by atoms with Crippen molar-refractivity contribution in [3.05, 3.63) is 29.8 Å². The Morgan fingerprint density at radius 3 is 2.26 bits per heavy atom. The van der Waals surface area contributed by atoms with Crippen molar-refractivity contribution in [2.45, 2.75) is 45.6 Å². The third-order valence-corrected chi connectivity index (χ3v) is 4.56. The Labute approximate surface area is 118 Å². The van der Waals surface area contributed by atoms with Crippen molar-refractivity contribution in [3.8, 4) is 0 Å². The highest BCUT2D eigenvalue weighted by atomic mass is 15.1. The molecule has 1 aromatic carbocycles. The van der Waals surface area contributed by atoms with Gasteiger partial charge in [-0.2, -0.15) is 0 Å². The lowest BCUT2D eigenvalue weighted by Gasteiger charge is -2.26. The number of hydrogen-bond acceptors (Lipinski definition) is 2. The molecule has 2 heteroatoms. The fourth-order valence-electron chi connectivity index (χ4n) is 2.98. The number of rotatable bonds is 5. The zero-order valence-electron chi connectivity index (χ0n) is 12.9. The second-order valence-corrected chi connectivity index (χ2v) is 6.61. The molecule has 1 fully saturated rings. The van der Waals surface area contributed by atoms with E-state index >= 15 is 0 Å². The van der Waals surface area contributed by atoms with Crippen LogP contribution in [0.3, 0.4) is 0 Å². The average Bonchev–Trinajstić information content (AvgIpc) is 2.83. The Morgan fingerprint density at radius 1 is 1.16 bits per heavy atom. The van der Waals surface area contributed by atoms with Crippen molar-refractivity contribution in [2.24, 2.45) is 5.41 Å². The predicted molar refractivity (Wildman–Crippen MR) is 83.8 cm³/mol. The van der Waals surface area contributed by atoms with Crippen molar-refractivity contribution in [3.63, 3.8) is 0 Å². The van der Waals surface area contributed by atoms with E-state index in [1.165, 1.54) is 36.9 Å². The summed E-state index contributed by atoms with van der Waals surface area (Å²) in [6, 6.07) is 9.32. The van der Waals surface area contributed by atoms with Crippen molar-refractivity contribution in [1.82, 2.24) is 5.32 Å². The molecule has 0 aliphatic heterocycles. The molecule has 1 N–H and O–H groups in total. The second-order valence-electron chi connectivity index (χ2n) is 6.61. The first kappa shape index (κ1) is 14.4. The topological polar surface area (TPSA) is 15.3 Å². The summed E-state index contributed by atoms with van der Waals surface area (Å²) in [6.07, 6.45) is 5.58. The van der Waals surface area contributed by atoms with Gasteiger partial charge in [0.05, 0.1) is 0 Å². The van der Waals surface area contributed by atoms with Crippen molar-refractivity contribution < 1.29 is 0 Å². The normalized spacial score (nSPS) is 19.4. The van der Waals surface area contributed by atoms with Crippen LogP contribution < -0.4 is 10.2 Å². The van der Waals surface area contributed by atoms with E-state index < -0.39 is 0 Å². The first-order valence-corrected chi connectivity index (χ1v) is 7.51. The number of benzene rings is 1. The van der Waals surface area contributed by atoms with Gasteiger partial charge in [0, 0.05) is 32.4 Å². The van der Waals surface area contributed by atoms with E-state index in [1.54, 1.807) is 0 Å². The highest BCUT2D eigenvalue weighted by Crippen LogP contribution is 2.37. The maximum Gasteiger partial charge on any atom is 0.0361 e. The molecule has 1 unspecified atom stereocenters. The molecule has 1 saturated carbocycles. The molecule has 0 heterocycles. The number of nitrogens with zero attached hydrogens (tertiary/aromatic N) is 1. The third-order valence-electron chi connectivity index (χ3n) is 4.56. The fraction of sp³-hybridized carbons (Fsp3) is 0.647. The number of hydrogen-bond donors (Lipinski definition) is 1. The molecule has 0 aromatic heterocycles. The van der Waals surface area contributed by atoms with Gasteiger partial charge in [-0.1, -0.05) is 31.9 Å². The van der Waals surface area contributed by atoms with Gasteiger partial charge in [-0.3, -0.25) is 0 Å². The van der Waals surface area contributed by atoms with Crippen LogP contribution in [0.4, 0.5) is 5.69 Å². The van der Waals surface area contributed by atoms with Crippen LogP contribution in [-0.2, 0) is 0 Å². The van der Waals surface area contributed by atoms with Crippen molar-refractivity contribution in [1.29, 1.82) is 0 Å². The molecule has 0 amide bonds. The van der Waals surface area contributed by atoms with Crippen molar-refractivity contribution >= 4 is 5.69 Å². The molecular formula is C17H28N2. The standard InChI is InChI=1S/C17H28N2/c1-14(18-13-17(2)11-5-6-12-17)15-7-9-16(10-8-15)19(3)4/h7-10,14,18H,5-6,11-13H2,1-4H3. The van der Waals surface area contributed by atoms with E-state index in [2.05, 4.69) is 62.4 Å². The summed E-state index contributed by atoms with van der Waals surface area (Å²) >= 11 is 0. The largest absolute Gasteiger partial charge is 0.378 e. The monoisotopic (exact) mass is 260 g/mol. The molecule has 0 radical (unpaired) electrons. The van der Waals surface area contributed by atoms with Gasteiger partial charge < -0.3 is 10.2 Å². The van der Waals surface area contributed by atoms with Gasteiger partial charge in [-0.15, -0.1) is 0 Å². The maximum atomic E-state index is 3.72. The summed E-state index contributed by atoms with van der Waals surface area (Å²) in [7, 11) is 4.16. The molecule has 1 aliphatic rings. The minimum absolute atomic E-state index is 0.439. The maximum absolute atomic E-state index is 3.72. The highest BCUT2D eigenvalue weighted by Gasteiger charge is 2.28. The average molecular weight is 260 g/mol. The van der Waals surface area contributed by atoms with Crippen LogP contribution in [0.15, 0.2) is 24.3 Å². The first-order chi connectivity index (χ1) is 9.00. The van der Waals surface area contributed by atoms with E-state index in [-0.39, 0.29) is 0 Å². The van der Waals surface area contributed by atoms with Gasteiger partial charge >= 0.3 is 0 Å². The molecule has 2 rings (SSSR count). The second kappa shape index (κ2) is 5.96. The molecule has 1 aromatic rings. The van der Waals surface area contributed by atoms with Gasteiger partial charge in [0.1, 0.15) is 0 Å². The van der Waals surface area contributed by atoms with E-state index in [4.69, 9.17) is 0 Å². The van der Waals surface area contributed by atoms with E-state index in [0.29, 0.717) is 11.5 Å². The van der Waals surface area contributed by atoms with Gasteiger partial charge in [0.25, 0.3) is 0 Å². The van der Waals surface area contributed by atoms with Gasteiger partial charge in [-0.05, 0) is 42.9 Å². The molecule has 0 saturated heterocycles. The van der Waals surface area contributed by atoms with Gasteiger partial charge in [-0.25, -0.2) is 0 Å². The lowest BCUT2D eigenvalue weighted by atomic mass is 9.88. The molecule has 106 valence electrons. The van der Waals surface area contributed by atoms with E-state index in [1.807, 2.05) is 0 Å². The molecule has 1 aliphatic carbocycles. The Morgan fingerprint density at radius 2 is 1.74 bits per heavy atom. The van der Waals surface area contributed by atoms with Crippen molar-refractivity contribution in [2.75, 3.05) is 25.5 Å². The molecule has 19 heavy (non-hydrogen) atoms. The molecule has 2 nitrogen and oxygen atoms in total. The van der Waals surface area contributed by atoms with Crippen LogP contribution >= 0.6 is 0 Å². The number of nitrogens with one attached hydrogen (secondary N) is 1. The van der Waals surface area contributed by atoms with Crippen LogP contribution in [0.1, 0.15) is 51.1 Å². The fourth-order valence-corrected chi connectivity index (χ4v) is 2.98. The quantitative estimate of drug-likeness (QED) is 0.861. The zero-order chi connectivity index (χ0) is 13.9. The summed E-state index contributed by atoms with van der Waals surface area (Å²) in [5.41, 5.74) is 3.17. The smallest absolute Gasteiger partial charge is 0.0361 e. The predicted octanol–water partition coefficient (Wildman–Crippen LogP) is 3.98. The molecule has 0 bridgehead atoms. The van der Waals surface area contributed by atoms with E-state index in [9.17, 15) is 0 Å². The Bertz CT molecular complexity index is 388. The third kappa shape index (κ3) is 3.73. The summed E-state index contributed by atoms with van der Waals surface area (Å²) in [6.45, 7) is 5.83. The Kier molecular flexibility index (Phi) is 4.51. The van der Waals surface area contributed by atoms with Gasteiger partial charge in [0.2, 0.25) is 0 Å². The Hall–Kier alpha value is -1.02. The lowest BCUT2D eigenvalue weighted by Crippen LogP contribution is -2.31. The Balaban J connectivity index is 1.90. The summed E-state index contributed by atoms with van der Waals surface area (Å²) in [4.78, 5) is 2.14. The zero-order valence-corrected chi connectivity index (χ0v) is 12.9. The van der Waals surface area contributed by atoms with Crippen LogP contribution in [0.5, 0.6) is 0 Å². The first-order valence-electron chi connectivity index (χ1n) is 7.51. The summed E-state index contributed by atoms with van der Waals surface area (Å²) < 4.78 is 0. The minimum atomic E-state index is 0.439. The van der Waals surface area contributed by atoms with Crippen LogP contribution in [-0.4, -0.2) is 20.6 Å². The minimum Gasteiger partial charge on any atom is -0.378 e. The summed E-state index contributed by atoms with van der Waals surface area (Å²) in [5.74, 6) is 0. The molecular weight excluding hydrogens is 232 g/mol.